The highest BCUT2D eigenvalue weighted by Crippen LogP contribution is 2.19. The van der Waals surface area contributed by atoms with Crippen LogP contribution < -0.4 is 5.56 Å². The van der Waals surface area contributed by atoms with Crippen molar-refractivity contribution in [2.45, 2.75) is 25.1 Å². The molecule has 2 heterocycles. The van der Waals surface area contributed by atoms with E-state index in [1.165, 1.54) is 22.9 Å². The molecule has 0 fully saturated rings. The molecular weight excluding hydrogens is 360 g/mol. The Hall–Kier alpha value is -2.93. The van der Waals surface area contributed by atoms with E-state index in [2.05, 4.69) is 34.2 Å². The quantitative estimate of drug-likeness (QED) is 0.478. The third-order valence-corrected chi connectivity index (χ3v) is 5.14. The normalized spacial score (nSPS) is 11.1. The van der Waals surface area contributed by atoms with Gasteiger partial charge < -0.3 is 4.42 Å². The van der Waals surface area contributed by atoms with Gasteiger partial charge in [-0.05, 0) is 30.2 Å². The van der Waals surface area contributed by atoms with Crippen LogP contribution in [0.2, 0.25) is 0 Å². The van der Waals surface area contributed by atoms with Crippen LogP contribution >= 0.6 is 11.8 Å². The lowest BCUT2D eigenvalue weighted by Crippen LogP contribution is -2.21. The standard InChI is InChI=1S/C20H18N4O2S/c1-14-6-2-3-7-15(14)12-18-22-23-20(26-18)27-11-10-24-13-21-17-9-5-4-8-16(17)19(24)25/h2-9,13H,10-12H2,1H3. The first-order valence-electron chi connectivity index (χ1n) is 8.64. The Morgan fingerprint density at radius 1 is 1.07 bits per heavy atom. The Morgan fingerprint density at radius 3 is 2.78 bits per heavy atom. The highest BCUT2D eigenvalue weighted by molar-refractivity contribution is 7.99. The molecule has 6 nitrogen and oxygen atoms in total. The van der Waals surface area contributed by atoms with Crippen molar-refractivity contribution in [2.24, 2.45) is 0 Å². The second-order valence-corrected chi connectivity index (χ2v) is 7.22. The maximum atomic E-state index is 12.5. The smallest absolute Gasteiger partial charge is 0.276 e. The van der Waals surface area contributed by atoms with Gasteiger partial charge in [0.1, 0.15) is 0 Å². The largest absolute Gasteiger partial charge is 0.416 e. The van der Waals surface area contributed by atoms with Gasteiger partial charge in [-0.15, -0.1) is 10.2 Å². The lowest BCUT2D eigenvalue weighted by atomic mass is 10.1. The number of thioether (sulfide) groups is 1. The zero-order chi connectivity index (χ0) is 18.6. The first kappa shape index (κ1) is 17.5. The molecule has 0 bridgehead atoms. The van der Waals surface area contributed by atoms with Gasteiger partial charge in [-0.1, -0.05) is 48.2 Å². The molecule has 0 radical (unpaired) electrons. The lowest BCUT2D eigenvalue weighted by molar-refractivity contribution is 0.420. The zero-order valence-electron chi connectivity index (χ0n) is 14.8. The summed E-state index contributed by atoms with van der Waals surface area (Å²) in [6.07, 6.45) is 2.21. The number of para-hydroxylation sites is 1. The number of benzene rings is 2. The molecule has 2 aromatic heterocycles. The molecule has 0 spiro atoms. The summed E-state index contributed by atoms with van der Waals surface area (Å²) in [5.74, 6) is 1.24. The van der Waals surface area contributed by atoms with Gasteiger partial charge in [0.2, 0.25) is 5.89 Å². The fourth-order valence-electron chi connectivity index (χ4n) is 2.84. The van der Waals surface area contributed by atoms with Crippen molar-refractivity contribution in [2.75, 3.05) is 5.75 Å². The van der Waals surface area contributed by atoms with Crippen molar-refractivity contribution in [3.63, 3.8) is 0 Å². The molecule has 4 rings (SSSR count). The van der Waals surface area contributed by atoms with E-state index in [-0.39, 0.29) is 5.56 Å². The van der Waals surface area contributed by atoms with E-state index in [1.807, 2.05) is 30.3 Å². The number of fused-ring (bicyclic) bond motifs is 1. The van der Waals surface area contributed by atoms with Crippen LogP contribution in [0.4, 0.5) is 0 Å². The maximum Gasteiger partial charge on any atom is 0.276 e. The highest BCUT2D eigenvalue weighted by atomic mass is 32.2. The molecule has 0 aliphatic carbocycles. The Balaban J connectivity index is 1.39. The van der Waals surface area contributed by atoms with Crippen LogP contribution in [0.5, 0.6) is 0 Å². The highest BCUT2D eigenvalue weighted by Gasteiger charge is 2.09. The average Bonchev–Trinajstić information content (AvgIpc) is 3.13. The van der Waals surface area contributed by atoms with Crippen LogP contribution in [0.1, 0.15) is 17.0 Å². The van der Waals surface area contributed by atoms with Crippen LogP contribution in [-0.2, 0) is 13.0 Å². The van der Waals surface area contributed by atoms with Crippen LogP contribution in [0.15, 0.2) is 69.3 Å². The first-order chi connectivity index (χ1) is 13.2. The van der Waals surface area contributed by atoms with Crippen molar-refractivity contribution < 1.29 is 4.42 Å². The van der Waals surface area contributed by atoms with Crippen molar-refractivity contribution in [3.05, 3.63) is 82.2 Å². The molecule has 136 valence electrons. The summed E-state index contributed by atoms with van der Waals surface area (Å²) in [5, 5.41) is 9.35. The van der Waals surface area contributed by atoms with Crippen LogP contribution in [0, 0.1) is 6.92 Å². The molecule has 0 atom stereocenters. The third kappa shape index (κ3) is 3.93. The topological polar surface area (TPSA) is 73.8 Å². The number of rotatable bonds is 6. The predicted octanol–water partition coefficient (Wildman–Crippen LogP) is 3.47. The van der Waals surface area contributed by atoms with E-state index >= 15 is 0 Å². The van der Waals surface area contributed by atoms with Gasteiger partial charge in [-0.2, -0.15) is 0 Å². The molecule has 0 aliphatic rings. The second-order valence-electron chi connectivity index (χ2n) is 6.17. The third-order valence-electron chi connectivity index (χ3n) is 4.34. The molecule has 2 aromatic carbocycles. The summed E-state index contributed by atoms with van der Waals surface area (Å²) in [6, 6.07) is 15.5. The fourth-order valence-corrected chi connectivity index (χ4v) is 3.55. The minimum absolute atomic E-state index is 0.0352. The first-order valence-corrected chi connectivity index (χ1v) is 9.63. The number of aryl methyl sites for hydroxylation is 2. The van der Waals surface area contributed by atoms with Crippen LogP contribution in [-0.4, -0.2) is 25.5 Å². The molecule has 0 unspecified atom stereocenters. The van der Waals surface area contributed by atoms with Gasteiger partial charge in [-0.3, -0.25) is 9.36 Å². The molecule has 0 saturated heterocycles. The molecule has 4 aromatic rings. The summed E-state index contributed by atoms with van der Waals surface area (Å²) < 4.78 is 7.33. The van der Waals surface area contributed by atoms with Gasteiger partial charge in [0.15, 0.2) is 0 Å². The molecule has 27 heavy (non-hydrogen) atoms. The van der Waals surface area contributed by atoms with Gasteiger partial charge in [-0.25, -0.2) is 4.98 Å². The van der Waals surface area contributed by atoms with E-state index in [4.69, 9.17) is 4.42 Å². The number of hydrogen-bond donors (Lipinski definition) is 0. The fraction of sp³-hybridized carbons (Fsp3) is 0.200. The second kappa shape index (κ2) is 7.75. The van der Waals surface area contributed by atoms with E-state index in [0.29, 0.717) is 40.7 Å². The maximum absolute atomic E-state index is 12.5. The van der Waals surface area contributed by atoms with Crippen LogP contribution in [0.3, 0.4) is 0 Å². The Kier molecular flexibility index (Phi) is 5.02. The SMILES string of the molecule is Cc1ccccc1Cc1nnc(SCCn2cnc3ccccc3c2=O)o1. The Labute approximate surface area is 160 Å². The average molecular weight is 378 g/mol. The van der Waals surface area contributed by atoms with Crippen LogP contribution in [0.25, 0.3) is 10.9 Å². The monoisotopic (exact) mass is 378 g/mol. The molecule has 0 saturated carbocycles. The Morgan fingerprint density at radius 2 is 1.89 bits per heavy atom. The molecule has 0 amide bonds. The van der Waals surface area contributed by atoms with E-state index in [1.54, 1.807) is 17.0 Å². The summed E-state index contributed by atoms with van der Waals surface area (Å²) in [4.78, 5) is 16.8. The number of nitrogens with zero attached hydrogens (tertiary/aromatic N) is 4. The minimum atomic E-state index is -0.0352. The van der Waals surface area contributed by atoms with E-state index < -0.39 is 0 Å². The number of aromatic nitrogens is 4. The predicted molar refractivity (Wildman–Crippen MR) is 105 cm³/mol. The van der Waals surface area contributed by atoms with E-state index in [0.717, 1.165) is 0 Å². The zero-order valence-corrected chi connectivity index (χ0v) is 15.6. The van der Waals surface area contributed by atoms with Gasteiger partial charge >= 0.3 is 0 Å². The summed E-state index contributed by atoms with van der Waals surface area (Å²) in [7, 11) is 0. The molecule has 0 N–H and O–H groups in total. The van der Waals surface area contributed by atoms with Crippen molar-refractivity contribution in [1.82, 2.24) is 19.7 Å². The molecule has 0 aliphatic heterocycles. The van der Waals surface area contributed by atoms with Crippen molar-refractivity contribution in [1.29, 1.82) is 0 Å². The number of hydrogen-bond acceptors (Lipinski definition) is 6. The van der Waals surface area contributed by atoms with Crippen molar-refractivity contribution >= 4 is 22.7 Å². The summed E-state index contributed by atoms with van der Waals surface area (Å²) in [6.45, 7) is 2.59. The summed E-state index contributed by atoms with van der Waals surface area (Å²) in [5.41, 5.74) is 3.05. The Bertz CT molecular complexity index is 1140. The van der Waals surface area contributed by atoms with Crippen molar-refractivity contribution in [3.8, 4) is 0 Å². The van der Waals surface area contributed by atoms with E-state index in [9.17, 15) is 4.79 Å². The van der Waals surface area contributed by atoms with Gasteiger partial charge in [0.05, 0.1) is 23.7 Å². The van der Waals surface area contributed by atoms with Gasteiger partial charge in [0.25, 0.3) is 10.8 Å². The summed E-state index contributed by atoms with van der Waals surface area (Å²) >= 11 is 1.44. The van der Waals surface area contributed by atoms with Gasteiger partial charge in [0, 0.05) is 12.3 Å². The minimum Gasteiger partial charge on any atom is -0.416 e. The molecule has 7 heteroatoms. The lowest BCUT2D eigenvalue weighted by Gasteiger charge is -2.05. The molecular formula is C20H18N4O2S.